The number of amidine groups is 1. The van der Waals surface area contributed by atoms with Gasteiger partial charge in [-0.2, -0.15) is 10.1 Å². The zero-order valence-corrected chi connectivity index (χ0v) is 21.3. The predicted octanol–water partition coefficient (Wildman–Crippen LogP) is 4.88. The minimum atomic E-state index is -0.610. The summed E-state index contributed by atoms with van der Waals surface area (Å²) in [5, 5.41) is 9.41. The first-order chi connectivity index (χ1) is 18.0. The van der Waals surface area contributed by atoms with Crippen molar-refractivity contribution in [2.45, 2.75) is 24.1 Å². The summed E-state index contributed by atoms with van der Waals surface area (Å²) in [5.74, 6) is 0.879. The van der Waals surface area contributed by atoms with E-state index in [0.29, 0.717) is 23.0 Å². The van der Waals surface area contributed by atoms with Crippen LogP contribution in [0.3, 0.4) is 0 Å². The van der Waals surface area contributed by atoms with Crippen LogP contribution in [-0.2, 0) is 9.59 Å². The largest absolute Gasteiger partial charge is 0.497 e. The Morgan fingerprint density at radius 3 is 2.27 bits per heavy atom. The third-order valence-corrected chi connectivity index (χ3v) is 7.33. The fourth-order valence-corrected chi connectivity index (χ4v) is 5.30. The van der Waals surface area contributed by atoms with Gasteiger partial charge in [-0.05, 0) is 47.5 Å². The van der Waals surface area contributed by atoms with Crippen molar-refractivity contribution >= 4 is 40.1 Å². The number of benzene rings is 3. The van der Waals surface area contributed by atoms with Gasteiger partial charge in [0, 0.05) is 18.5 Å². The molecule has 2 aliphatic heterocycles. The highest BCUT2D eigenvalue weighted by Crippen LogP contribution is 2.39. The van der Waals surface area contributed by atoms with Crippen molar-refractivity contribution in [2.24, 2.45) is 10.1 Å². The lowest BCUT2D eigenvalue weighted by Crippen LogP contribution is -2.25. The topological polar surface area (TPSA) is 92.6 Å². The van der Waals surface area contributed by atoms with E-state index in [1.807, 2.05) is 59.6 Å². The molecule has 8 nitrogen and oxygen atoms in total. The third kappa shape index (κ3) is 5.51. The predicted molar refractivity (Wildman–Crippen MR) is 145 cm³/mol. The fourth-order valence-electron chi connectivity index (χ4n) is 4.24. The summed E-state index contributed by atoms with van der Waals surface area (Å²) in [7, 11) is 3.22. The van der Waals surface area contributed by atoms with Gasteiger partial charge >= 0.3 is 0 Å². The van der Waals surface area contributed by atoms with Gasteiger partial charge in [0.05, 0.1) is 26.0 Å². The number of nitrogens with zero attached hydrogens (tertiary/aromatic N) is 3. The zero-order valence-electron chi connectivity index (χ0n) is 20.5. The summed E-state index contributed by atoms with van der Waals surface area (Å²) in [6.07, 6.45) is 0.672. The number of ether oxygens (including phenoxy) is 2. The molecule has 0 radical (unpaired) electrons. The van der Waals surface area contributed by atoms with Crippen LogP contribution in [0.5, 0.6) is 11.5 Å². The molecule has 5 rings (SSSR count). The molecular weight excluding hydrogens is 488 g/mol. The first-order valence-corrected chi connectivity index (χ1v) is 12.7. The van der Waals surface area contributed by atoms with Crippen LogP contribution >= 0.6 is 11.8 Å². The monoisotopic (exact) mass is 514 g/mol. The minimum Gasteiger partial charge on any atom is -0.497 e. The summed E-state index contributed by atoms with van der Waals surface area (Å²) in [4.78, 5) is 29.8. The molecule has 0 unspecified atom stereocenters. The van der Waals surface area contributed by atoms with Gasteiger partial charge < -0.3 is 14.8 Å². The SMILES string of the molecule is COc1ccc(NC(=O)C[C@@H]2SC(N3N=C(c4ccccc4)C[C@H]3c3ccc(OC)cc3)=NC2=O)cc1. The van der Waals surface area contributed by atoms with E-state index < -0.39 is 5.25 Å². The molecule has 0 saturated carbocycles. The van der Waals surface area contributed by atoms with Gasteiger partial charge in [0.1, 0.15) is 16.7 Å². The number of rotatable bonds is 7. The standard InChI is InChI=1S/C28H26N4O4S/c1-35-21-12-8-19(9-13-21)24-16-23(18-6-4-3-5-7-18)31-32(24)28-30-27(34)25(37-28)17-26(33)29-20-10-14-22(36-2)15-11-20/h3-15,24-25H,16-17H2,1-2H3,(H,29,33)/t24-,25-/m0/s1. The molecule has 1 N–H and O–H groups in total. The van der Waals surface area contributed by atoms with Crippen molar-refractivity contribution in [3.63, 3.8) is 0 Å². The molecule has 2 aliphatic rings. The second-order valence-electron chi connectivity index (χ2n) is 8.57. The molecule has 0 fully saturated rings. The average Bonchev–Trinajstić information content (AvgIpc) is 3.53. The van der Waals surface area contributed by atoms with E-state index in [4.69, 9.17) is 14.6 Å². The van der Waals surface area contributed by atoms with Crippen molar-refractivity contribution in [2.75, 3.05) is 19.5 Å². The molecular formula is C28H26N4O4S. The van der Waals surface area contributed by atoms with E-state index in [1.165, 1.54) is 11.8 Å². The highest BCUT2D eigenvalue weighted by Gasteiger charge is 2.39. The normalized spacial score (nSPS) is 18.9. The van der Waals surface area contributed by atoms with Crippen LogP contribution in [0.25, 0.3) is 0 Å². The second kappa shape index (κ2) is 10.9. The average molecular weight is 515 g/mol. The van der Waals surface area contributed by atoms with E-state index in [1.54, 1.807) is 38.5 Å². The third-order valence-electron chi connectivity index (χ3n) is 6.19. The number of carbonyl (C=O) groups is 2. The van der Waals surface area contributed by atoms with Gasteiger partial charge in [0.15, 0.2) is 5.17 Å². The highest BCUT2D eigenvalue weighted by molar-refractivity contribution is 8.15. The number of hydrogen-bond acceptors (Lipinski definition) is 7. The molecule has 3 aromatic carbocycles. The summed E-state index contributed by atoms with van der Waals surface area (Å²) >= 11 is 1.28. The fraction of sp³-hybridized carbons (Fsp3) is 0.214. The van der Waals surface area contributed by atoms with Gasteiger partial charge in [-0.1, -0.05) is 54.2 Å². The Kier molecular flexibility index (Phi) is 7.23. The van der Waals surface area contributed by atoms with Crippen LogP contribution < -0.4 is 14.8 Å². The maximum Gasteiger partial charge on any atom is 0.262 e. The van der Waals surface area contributed by atoms with E-state index in [2.05, 4.69) is 10.3 Å². The molecule has 2 amide bonds. The van der Waals surface area contributed by atoms with Crippen LogP contribution in [0.15, 0.2) is 89.0 Å². The first kappa shape index (κ1) is 24.6. The molecule has 2 heterocycles. The number of anilines is 1. The number of thioether (sulfide) groups is 1. The Morgan fingerprint density at radius 1 is 0.973 bits per heavy atom. The Hall–Kier alpha value is -4.11. The van der Waals surface area contributed by atoms with E-state index >= 15 is 0 Å². The Labute approximate surface area is 219 Å². The minimum absolute atomic E-state index is 0.0127. The van der Waals surface area contributed by atoms with Crippen molar-refractivity contribution in [3.8, 4) is 11.5 Å². The van der Waals surface area contributed by atoms with Gasteiger partial charge in [0.2, 0.25) is 5.91 Å². The lowest BCUT2D eigenvalue weighted by molar-refractivity contribution is -0.121. The quantitative estimate of drug-likeness (QED) is 0.483. The molecule has 0 saturated heterocycles. The van der Waals surface area contributed by atoms with Crippen molar-refractivity contribution in [1.82, 2.24) is 5.01 Å². The first-order valence-electron chi connectivity index (χ1n) is 11.8. The summed E-state index contributed by atoms with van der Waals surface area (Å²) in [6, 6.07) is 24.7. The van der Waals surface area contributed by atoms with E-state index in [9.17, 15) is 9.59 Å². The molecule has 37 heavy (non-hydrogen) atoms. The molecule has 0 bridgehead atoms. The summed E-state index contributed by atoms with van der Waals surface area (Å²) in [6.45, 7) is 0. The van der Waals surface area contributed by atoms with E-state index in [0.717, 1.165) is 22.6 Å². The number of amides is 2. The molecule has 0 aromatic heterocycles. The van der Waals surface area contributed by atoms with Crippen LogP contribution in [0.2, 0.25) is 0 Å². The number of aliphatic imine (C=N–C) groups is 1. The summed E-state index contributed by atoms with van der Waals surface area (Å²) < 4.78 is 10.5. The maximum atomic E-state index is 12.8. The Morgan fingerprint density at radius 2 is 1.62 bits per heavy atom. The van der Waals surface area contributed by atoms with Crippen LogP contribution in [0, 0.1) is 0 Å². The summed E-state index contributed by atoms with van der Waals surface area (Å²) in [5.41, 5.74) is 3.61. The molecule has 0 aliphatic carbocycles. The van der Waals surface area contributed by atoms with Crippen molar-refractivity contribution < 1.29 is 19.1 Å². The second-order valence-corrected chi connectivity index (χ2v) is 9.74. The van der Waals surface area contributed by atoms with Gasteiger partial charge in [-0.3, -0.25) is 9.59 Å². The van der Waals surface area contributed by atoms with E-state index in [-0.39, 0.29) is 24.3 Å². The zero-order chi connectivity index (χ0) is 25.8. The van der Waals surface area contributed by atoms with Crippen molar-refractivity contribution in [3.05, 3.63) is 90.0 Å². The van der Waals surface area contributed by atoms with Crippen molar-refractivity contribution in [1.29, 1.82) is 0 Å². The highest BCUT2D eigenvalue weighted by atomic mass is 32.2. The Bertz CT molecular complexity index is 1340. The number of hydrogen-bond donors (Lipinski definition) is 1. The number of carbonyl (C=O) groups excluding carboxylic acids is 2. The van der Waals surface area contributed by atoms with Crippen LogP contribution in [-0.4, -0.2) is 47.2 Å². The molecule has 2 atom stereocenters. The molecule has 9 heteroatoms. The van der Waals surface area contributed by atoms with Gasteiger partial charge in [0.25, 0.3) is 5.91 Å². The van der Waals surface area contributed by atoms with Gasteiger partial charge in [-0.25, -0.2) is 5.01 Å². The molecule has 188 valence electrons. The Balaban J connectivity index is 1.32. The number of hydrazone groups is 1. The van der Waals surface area contributed by atoms with Gasteiger partial charge in [-0.15, -0.1) is 0 Å². The smallest absolute Gasteiger partial charge is 0.262 e. The van der Waals surface area contributed by atoms with Crippen LogP contribution in [0.4, 0.5) is 5.69 Å². The molecule has 3 aromatic rings. The molecule has 0 spiro atoms. The number of nitrogens with one attached hydrogen (secondary N) is 1. The number of methoxy groups -OCH3 is 2. The lowest BCUT2D eigenvalue weighted by Gasteiger charge is -2.23. The maximum absolute atomic E-state index is 12.8. The lowest BCUT2D eigenvalue weighted by atomic mass is 9.98. The van der Waals surface area contributed by atoms with Crippen LogP contribution in [0.1, 0.15) is 30.0 Å².